The first-order valence-corrected chi connectivity index (χ1v) is 9.24. The highest BCUT2D eigenvalue weighted by Gasteiger charge is 2.11. The summed E-state index contributed by atoms with van der Waals surface area (Å²) in [4.78, 5) is 10.9. The average molecular weight is 395 g/mol. The van der Waals surface area contributed by atoms with Crippen LogP contribution in [0.15, 0.2) is 33.8 Å². The molecule has 0 saturated carbocycles. The maximum atomic E-state index is 12.2. The fraction of sp³-hybridized carbons (Fsp3) is 0.526. The summed E-state index contributed by atoms with van der Waals surface area (Å²) in [7, 11) is 1.91. The number of benzene rings is 1. The molecule has 0 atom stereocenters. The molecule has 1 N–H and O–H groups in total. The van der Waals surface area contributed by atoms with E-state index in [0.717, 1.165) is 18.1 Å². The van der Waals surface area contributed by atoms with E-state index in [1.54, 1.807) is 12.1 Å². The molecule has 0 amide bonds. The van der Waals surface area contributed by atoms with Crippen molar-refractivity contribution >= 4 is 5.96 Å². The Hall–Kier alpha value is -2.71. The molecule has 0 fully saturated rings. The van der Waals surface area contributed by atoms with Crippen molar-refractivity contribution < 1.29 is 18.0 Å². The Balaban J connectivity index is 1.94. The number of hydrogen-bond donors (Lipinski definition) is 1. The van der Waals surface area contributed by atoms with Crippen LogP contribution in [0, 0.1) is 0 Å². The summed E-state index contributed by atoms with van der Waals surface area (Å²) in [5.41, 5.74) is 0.952. The number of halogens is 2. The van der Waals surface area contributed by atoms with E-state index < -0.39 is 6.61 Å². The lowest BCUT2D eigenvalue weighted by Crippen LogP contribution is -2.38. The summed E-state index contributed by atoms with van der Waals surface area (Å²) in [6.45, 7) is 4.99. The van der Waals surface area contributed by atoms with E-state index in [-0.39, 0.29) is 11.7 Å². The zero-order chi connectivity index (χ0) is 20.5. The van der Waals surface area contributed by atoms with Crippen molar-refractivity contribution in [3.8, 4) is 5.75 Å². The van der Waals surface area contributed by atoms with Crippen LogP contribution >= 0.6 is 0 Å². The number of aromatic nitrogens is 2. The average Bonchev–Trinajstić information content (AvgIpc) is 3.11. The molecule has 9 heteroatoms. The lowest BCUT2D eigenvalue weighted by Gasteiger charge is -2.22. The van der Waals surface area contributed by atoms with Gasteiger partial charge in [-0.3, -0.25) is 4.99 Å². The van der Waals surface area contributed by atoms with Crippen LogP contribution in [-0.4, -0.2) is 47.7 Å². The van der Waals surface area contributed by atoms with Crippen LogP contribution in [0.25, 0.3) is 0 Å². The number of nitrogens with one attached hydrogen (secondary N) is 1. The Bertz CT molecular complexity index is 747. The fourth-order valence-electron chi connectivity index (χ4n) is 2.46. The monoisotopic (exact) mass is 395 g/mol. The molecule has 1 aromatic carbocycles. The summed E-state index contributed by atoms with van der Waals surface area (Å²) in [5, 5.41) is 7.18. The number of guanidine groups is 1. The minimum atomic E-state index is -2.82. The van der Waals surface area contributed by atoms with Gasteiger partial charge in [-0.25, -0.2) is 0 Å². The van der Waals surface area contributed by atoms with E-state index in [9.17, 15) is 8.78 Å². The lowest BCUT2D eigenvalue weighted by molar-refractivity contribution is -0.0498. The van der Waals surface area contributed by atoms with Gasteiger partial charge in [0.25, 0.3) is 0 Å². The van der Waals surface area contributed by atoms with Gasteiger partial charge in [-0.2, -0.15) is 13.8 Å². The summed E-state index contributed by atoms with van der Waals surface area (Å²) >= 11 is 0. The van der Waals surface area contributed by atoms with Crippen molar-refractivity contribution in [1.29, 1.82) is 0 Å². The Morgan fingerprint density at radius 2 is 2.00 bits per heavy atom. The molecule has 1 heterocycles. The molecule has 0 spiro atoms. The topological polar surface area (TPSA) is 75.8 Å². The molecule has 28 heavy (non-hydrogen) atoms. The number of alkyl halides is 2. The minimum absolute atomic E-state index is 0.141. The molecule has 0 unspecified atom stereocenters. The highest BCUT2D eigenvalue weighted by molar-refractivity contribution is 5.79. The standard InChI is InChI=1S/C19H27F2N5O2/c1-5-22-19(23-11-10-16-24-17(13(2)3)25-28-16)26(4)12-14-6-8-15(9-7-14)27-18(20)21/h6-9,13,18H,5,10-12H2,1-4H3,(H,22,23). The van der Waals surface area contributed by atoms with Gasteiger partial charge in [-0.1, -0.05) is 31.1 Å². The van der Waals surface area contributed by atoms with Gasteiger partial charge in [-0.15, -0.1) is 0 Å². The van der Waals surface area contributed by atoms with E-state index in [1.165, 1.54) is 12.1 Å². The first-order chi connectivity index (χ1) is 13.4. The van der Waals surface area contributed by atoms with Crippen LogP contribution in [0.1, 0.15) is 44.0 Å². The van der Waals surface area contributed by atoms with Crippen molar-refractivity contribution in [2.75, 3.05) is 20.1 Å². The normalized spacial score (nSPS) is 11.9. The zero-order valence-corrected chi connectivity index (χ0v) is 16.7. The predicted molar refractivity (Wildman–Crippen MR) is 103 cm³/mol. The van der Waals surface area contributed by atoms with Gasteiger partial charge in [0, 0.05) is 32.5 Å². The van der Waals surface area contributed by atoms with Gasteiger partial charge < -0.3 is 19.5 Å². The van der Waals surface area contributed by atoms with Crippen LogP contribution in [0.3, 0.4) is 0 Å². The van der Waals surface area contributed by atoms with Crippen molar-refractivity contribution in [2.45, 2.75) is 46.3 Å². The summed E-state index contributed by atoms with van der Waals surface area (Å²) in [6.07, 6.45) is 0.558. The Kier molecular flexibility index (Phi) is 8.16. The number of nitrogens with zero attached hydrogens (tertiary/aromatic N) is 4. The smallest absolute Gasteiger partial charge is 0.387 e. The third-order valence-corrected chi connectivity index (χ3v) is 3.85. The Morgan fingerprint density at radius 3 is 2.57 bits per heavy atom. The van der Waals surface area contributed by atoms with E-state index >= 15 is 0 Å². The molecule has 0 aliphatic heterocycles. The number of rotatable bonds is 9. The molecular formula is C19H27F2N5O2. The van der Waals surface area contributed by atoms with Crippen LogP contribution in [-0.2, 0) is 13.0 Å². The summed E-state index contributed by atoms with van der Waals surface area (Å²) in [5.74, 6) is 2.37. The third kappa shape index (κ3) is 6.79. The molecule has 0 aliphatic carbocycles. The summed E-state index contributed by atoms with van der Waals surface area (Å²) in [6, 6.07) is 6.57. The lowest BCUT2D eigenvalue weighted by atomic mass is 10.2. The second kappa shape index (κ2) is 10.6. The molecule has 2 aromatic rings. The maximum absolute atomic E-state index is 12.2. The SMILES string of the molecule is CCNC(=NCCc1nc(C(C)C)no1)N(C)Cc1ccc(OC(F)F)cc1. The van der Waals surface area contributed by atoms with Gasteiger partial charge in [0.2, 0.25) is 5.89 Å². The van der Waals surface area contributed by atoms with Crippen molar-refractivity contribution in [3.63, 3.8) is 0 Å². The van der Waals surface area contributed by atoms with E-state index in [4.69, 9.17) is 4.52 Å². The molecule has 1 aromatic heterocycles. The predicted octanol–water partition coefficient (Wildman–Crippen LogP) is 3.43. The molecule has 0 saturated heterocycles. The number of ether oxygens (including phenoxy) is 1. The molecule has 0 radical (unpaired) electrons. The first-order valence-electron chi connectivity index (χ1n) is 9.24. The Morgan fingerprint density at radius 1 is 1.29 bits per heavy atom. The zero-order valence-electron chi connectivity index (χ0n) is 16.7. The van der Waals surface area contributed by atoms with Gasteiger partial charge in [0.15, 0.2) is 11.8 Å². The summed E-state index contributed by atoms with van der Waals surface area (Å²) < 4.78 is 34.1. The van der Waals surface area contributed by atoms with Crippen molar-refractivity contribution in [3.05, 3.63) is 41.5 Å². The highest BCUT2D eigenvalue weighted by Crippen LogP contribution is 2.16. The molecule has 0 aliphatic rings. The Labute approximate surface area is 163 Å². The molecule has 0 bridgehead atoms. The van der Waals surface area contributed by atoms with E-state index in [0.29, 0.717) is 31.2 Å². The van der Waals surface area contributed by atoms with E-state index in [1.807, 2.05) is 32.7 Å². The molecule has 2 rings (SSSR count). The molecular weight excluding hydrogens is 368 g/mol. The number of hydrogen-bond acceptors (Lipinski definition) is 5. The molecule has 7 nitrogen and oxygen atoms in total. The van der Waals surface area contributed by atoms with Crippen LogP contribution in [0.5, 0.6) is 5.75 Å². The van der Waals surface area contributed by atoms with Crippen LogP contribution in [0.2, 0.25) is 0 Å². The maximum Gasteiger partial charge on any atom is 0.387 e. The van der Waals surface area contributed by atoms with Crippen LogP contribution in [0.4, 0.5) is 8.78 Å². The minimum Gasteiger partial charge on any atom is -0.435 e. The number of aliphatic imine (C=N–C) groups is 1. The quantitative estimate of drug-likeness (QED) is 0.518. The van der Waals surface area contributed by atoms with Gasteiger partial charge >= 0.3 is 6.61 Å². The largest absolute Gasteiger partial charge is 0.435 e. The van der Waals surface area contributed by atoms with Crippen molar-refractivity contribution in [2.24, 2.45) is 4.99 Å². The second-order valence-corrected chi connectivity index (χ2v) is 6.57. The van der Waals surface area contributed by atoms with Crippen molar-refractivity contribution in [1.82, 2.24) is 20.4 Å². The highest BCUT2D eigenvalue weighted by atomic mass is 19.3. The van der Waals surface area contributed by atoms with Gasteiger partial charge in [0.05, 0.1) is 6.54 Å². The van der Waals surface area contributed by atoms with Gasteiger partial charge in [-0.05, 0) is 24.6 Å². The fourth-order valence-corrected chi connectivity index (χ4v) is 2.46. The van der Waals surface area contributed by atoms with E-state index in [2.05, 4.69) is 25.2 Å². The first kappa shape index (κ1) is 21.6. The molecule has 154 valence electrons. The second-order valence-electron chi connectivity index (χ2n) is 6.57. The van der Waals surface area contributed by atoms with Gasteiger partial charge in [0.1, 0.15) is 5.75 Å². The third-order valence-electron chi connectivity index (χ3n) is 3.85. The van der Waals surface area contributed by atoms with Crippen LogP contribution < -0.4 is 10.1 Å².